The van der Waals surface area contributed by atoms with E-state index in [1.807, 2.05) is 18.2 Å². The predicted octanol–water partition coefficient (Wildman–Crippen LogP) is 1.63. The molecule has 0 saturated carbocycles. The molecule has 0 N–H and O–H groups in total. The molecule has 1 aromatic rings. The summed E-state index contributed by atoms with van der Waals surface area (Å²) in [5, 5.41) is 0. The second kappa shape index (κ2) is 3.30. The van der Waals surface area contributed by atoms with Crippen molar-refractivity contribution in [3.63, 3.8) is 0 Å². The van der Waals surface area contributed by atoms with Crippen LogP contribution in [0.2, 0.25) is 0 Å². The zero-order valence-electron chi connectivity index (χ0n) is 7.68. The molecule has 1 aliphatic heterocycles. The summed E-state index contributed by atoms with van der Waals surface area (Å²) < 4.78 is 0. The van der Waals surface area contributed by atoms with Crippen molar-refractivity contribution < 1.29 is 4.79 Å². The van der Waals surface area contributed by atoms with E-state index in [1.54, 1.807) is 0 Å². The van der Waals surface area contributed by atoms with Crippen molar-refractivity contribution in [2.75, 3.05) is 6.54 Å². The Labute approximate surface area is 78.2 Å². The topological polar surface area (TPSA) is 20.1 Å². The van der Waals surface area contributed by atoms with Crippen LogP contribution in [0.25, 0.3) is 0 Å². The summed E-state index contributed by atoms with van der Waals surface area (Å²) in [5.74, 6) is 0. The van der Waals surface area contributed by atoms with Crippen LogP contribution in [-0.2, 0) is 4.79 Å². The Morgan fingerprint density at radius 1 is 1.46 bits per heavy atom. The SMILES string of the molecule is CC(c1ccccc1)N1CC1C=O. The predicted molar refractivity (Wildman–Crippen MR) is 51.4 cm³/mol. The average molecular weight is 175 g/mol. The lowest BCUT2D eigenvalue weighted by Gasteiger charge is -2.12. The minimum Gasteiger partial charge on any atom is -0.302 e. The third-order valence-electron chi connectivity index (χ3n) is 2.63. The number of rotatable bonds is 3. The highest BCUT2D eigenvalue weighted by Gasteiger charge is 2.37. The second-order valence-corrected chi connectivity index (χ2v) is 3.49. The summed E-state index contributed by atoms with van der Waals surface area (Å²) in [6.45, 7) is 3.05. The molecule has 0 radical (unpaired) electrons. The van der Waals surface area contributed by atoms with Gasteiger partial charge < -0.3 is 4.79 Å². The Kier molecular flexibility index (Phi) is 2.15. The molecular weight excluding hydrogens is 162 g/mol. The van der Waals surface area contributed by atoms with Gasteiger partial charge in [0.25, 0.3) is 0 Å². The van der Waals surface area contributed by atoms with Crippen molar-refractivity contribution in [1.29, 1.82) is 0 Å². The van der Waals surface area contributed by atoms with E-state index in [-0.39, 0.29) is 6.04 Å². The molecule has 3 atom stereocenters. The quantitative estimate of drug-likeness (QED) is 0.514. The third kappa shape index (κ3) is 1.63. The fraction of sp³-hybridized carbons (Fsp3) is 0.364. The van der Waals surface area contributed by atoms with Crippen molar-refractivity contribution >= 4 is 6.29 Å². The molecule has 0 aromatic heterocycles. The molecule has 3 unspecified atom stereocenters. The van der Waals surface area contributed by atoms with Crippen LogP contribution in [-0.4, -0.2) is 23.8 Å². The van der Waals surface area contributed by atoms with E-state index in [0.717, 1.165) is 12.8 Å². The van der Waals surface area contributed by atoms with E-state index in [1.165, 1.54) is 5.56 Å². The molecule has 2 heteroatoms. The van der Waals surface area contributed by atoms with E-state index in [9.17, 15) is 4.79 Å². The van der Waals surface area contributed by atoms with Crippen molar-refractivity contribution in [3.8, 4) is 0 Å². The van der Waals surface area contributed by atoms with Crippen molar-refractivity contribution in [2.24, 2.45) is 0 Å². The summed E-state index contributed by atoms with van der Waals surface area (Å²) in [6, 6.07) is 10.8. The molecule has 0 amide bonds. The zero-order chi connectivity index (χ0) is 9.26. The van der Waals surface area contributed by atoms with Crippen LogP contribution in [0.1, 0.15) is 18.5 Å². The Morgan fingerprint density at radius 3 is 2.69 bits per heavy atom. The Hall–Kier alpha value is -1.15. The molecule has 0 spiro atoms. The molecule has 1 fully saturated rings. The second-order valence-electron chi connectivity index (χ2n) is 3.49. The normalized spacial score (nSPS) is 28.1. The highest BCUT2D eigenvalue weighted by molar-refractivity contribution is 5.62. The van der Waals surface area contributed by atoms with E-state index in [4.69, 9.17) is 0 Å². The number of carbonyl (C=O) groups is 1. The lowest BCUT2D eigenvalue weighted by atomic mass is 10.1. The highest BCUT2D eigenvalue weighted by atomic mass is 16.1. The minimum atomic E-state index is 0.162. The molecule has 68 valence electrons. The maximum Gasteiger partial charge on any atom is 0.138 e. The van der Waals surface area contributed by atoms with Gasteiger partial charge in [-0.15, -0.1) is 0 Å². The van der Waals surface area contributed by atoms with Gasteiger partial charge in [-0.05, 0) is 12.5 Å². The lowest BCUT2D eigenvalue weighted by Crippen LogP contribution is -2.08. The van der Waals surface area contributed by atoms with Crippen LogP contribution in [0.5, 0.6) is 0 Å². The van der Waals surface area contributed by atoms with Gasteiger partial charge in [0.2, 0.25) is 0 Å². The Balaban J connectivity index is 2.07. The first kappa shape index (κ1) is 8.45. The van der Waals surface area contributed by atoms with Crippen LogP contribution in [0.4, 0.5) is 0 Å². The number of carbonyl (C=O) groups excluding carboxylic acids is 1. The molecule has 1 heterocycles. The average Bonchev–Trinajstić information content (AvgIpc) is 2.97. The number of hydrogen-bond donors (Lipinski definition) is 0. The zero-order valence-corrected chi connectivity index (χ0v) is 7.68. The number of hydrogen-bond acceptors (Lipinski definition) is 2. The van der Waals surface area contributed by atoms with Gasteiger partial charge in [0.05, 0.1) is 6.04 Å². The van der Waals surface area contributed by atoms with Crippen LogP contribution < -0.4 is 0 Å². The summed E-state index contributed by atoms with van der Waals surface area (Å²) >= 11 is 0. The fourth-order valence-corrected chi connectivity index (χ4v) is 1.66. The summed E-state index contributed by atoms with van der Waals surface area (Å²) in [6.07, 6.45) is 1.03. The maximum atomic E-state index is 10.5. The monoisotopic (exact) mass is 175 g/mol. The van der Waals surface area contributed by atoms with E-state index in [2.05, 4.69) is 24.0 Å². The van der Waals surface area contributed by atoms with Gasteiger partial charge in [0, 0.05) is 12.6 Å². The fourth-order valence-electron chi connectivity index (χ4n) is 1.66. The molecule has 1 aliphatic rings. The van der Waals surface area contributed by atoms with E-state index in [0.29, 0.717) is 6.04 Å². The van der Waals surface area contributed by atoms with Gasteiger partial charge in [-0.2, -0.15) is 0 Å². The summed E-state index contributed by atoms with van der Waals surface area (Å²) in [5.41, 5.74) is 1.28. The molecule has 1 saturated heterocycles. The standard InChI is InChI=1S/C11H13NO/c1-9(12-7-11(12)8-13)10-5-3-2-4-6-10/h2-6,8-9,11H,7H2,1H3. The first-order valence-corrected chi connectivity index (χ1v) is 4.59. The van der Waals surface area contributed by atoms with Crippen molar-refractivity contribution in [2.45, 2.75) is 19.0 Å². The number of benzene rings is 1. The highest BCUT2D eigenvalue weighted by Crippen LogP contribution is 2.30. The van der Waals surface area contributed by atoms with Gasteiger partial charge in [0.15, 0.2) is 0 Å². The first-order chi connectivity index (χ1) is 6.33. The molecule has 13 heavy (non-hydrogen) atoms. The smallest absolute Gasteiger partial charge is 0.138 e. The molecule has 2 rings (SSSR count). The first-order valence-electron chi connectivity index (χ1n) is 4.59. The molecule has 2 nitrogen and oxygen atoms in total. The minimum absolute atomic E-state index is 0.162. The molecule has 0 bridgehead atoms. The summed E-state index contributed by atoms with van der Waals surface area (Å²) in [4.78, 5) is 12.7. The van der Waals surface area contributed by atoms with Crippen LogP contribution in [0, 0.1) is 0 Å². The molecule has 0 aliphatic carbocycles. The van der Waals surface area contributed by atoms with Crippen LogP contribution in [0.3, 0.4) is 0 Å². The van der Waals surface area contributed by atoms with Crippen molar-refractivity contribution in [3.05, 3.63) is 35.9 Å². The number of nitrogens with zero attached hydrogens (tertiary/aromatic N) is 1. The lowest BCUT2D eigenvalue weighted by molar-refractivity contribution is -0.108. The largest absolute Gasteiger partial charge is 0.302 e. The van der Waals surface area contributed by atoms with Crippen molar-refractivity contribution in [1.82, 2.24) is 4.90 Å². The molecular formula is C11H13NO. The van der Waals surface area contributed by atoms with Gasteiger partial charge >= 0.3 is 0 Å². The Bertz CT molecular complexity index is 296. The van der Waals surface area contributed by atoms with Crippen LogP contribution >= 0.6 is 0 Å². The van der Waals surface area contributed by atoms with E-state index < -0.39 is 0 Å². The van der Waals surface area contributed by atoms with Gasteiger partial charge in [-0.1, -0.05) is 30.3 Å². The van der Waals surface area contributed by atoms with Crippen LogP contribution in [0.15, 0.2) is 30.3 Å². The van der Waals surface area contributed by atoms with Gasteiger partial charge in [-0.25, -0.2) is 0 Å². The van der Waals surface area contributed by atoms with E-state index >= 15 is 0 Å². The molecule has 1 aromatic carbocycles. The number of aldehydes is 1. The maximum absolute atomic E-state index is 10.5. The third-order valence-corrected chi connectivity index (χ3v) is 2.63. The Morgan fingerprint density at radius 2 is 2.15 bits per heavy atom. The van der Waals surface area contributed by atoms with Gasteiger partial charge in [0.1, 0.15) is 6.29 Å². The van der Waals surface area contributed by atoms with Gasteiger partial charge in [-0.3, -0.25) is 4.90 Å². The summed E-state index contributed by atoms with van der Waals surface area (Å²) in [7, 11) is 0.